The number of rotatable bonds is 5. The molecule has 1 amide bonds. The fourth-order valence-electron chi connectivity index (χ4n) is 1.90. The van der Waals surface area contributed by atoms with Gasteiger partial charge < -0.3 is 4.90 Å². The van der Waals surface area contributed by atoms with Gasteiger partial charge in [-0.05, 0) is 41.5 Å². The van der Waals surface area contributed by atoms with Gasteiger partial charge in [-0.1, -0.05) is 11.8 Å². The Labute approximate surface area is 118 Å². The van der Waals surface area contributed by atoms with E-state index >= 15 is 0 Å². The number of carbonyl (C=O) groups excluding carboxylic acids is 1. The Bertz CT molecular complexity index is 393. The van der Waals surface area contributed by atoms with Crippen LogP contribution < -0.4 is 0 Å². The van der Waals surface area contributed by atoms with E-state index < -0.39 is 0 Å². The van der Waals surface area contributed by atoms with Crippen molar-refractivity contribution < 1.29 is 4.79 Å². The van der Waals surface area contributed by atoms with E-state index in [2.05, 4.69) is 32.7 Å². The third kappa shape index (κ3) is 3.99. The highest BCUT2D eigenvalue weighted by Gasteiger charge is 2.26. The molecule has 5 heteroatoms. The Morgan fingerprint density at radius 2 is 1.83 bits per heavy atom. The minimum absolute atomic E-state index is 0.0830. The minimum atomic E-state index is -0.0830. The maximum absolute atomic E-state index is 12.4. The van der Waals surface area contributed by atoms with Crippen molar-refractivity contribution in [3.05, 3.63) is 11.1 Å². The zero-order chi connectivity index (χ0) is 13.9. The van der Waals surface area contributed by atoms with Crippen LogP contribution in [-0.4, -0.2) is 33.1 Å². The van der Waals surface area contributed by atoms with Crippen molar-refractivity contribution in [1.82, 2.24) is 9.88 Å². The number of aromatic nitrogens is 1. The topological polar surface area (TPSA) is 33.2 Å². The van der Waals surface area contributed by atoms with Gasteiger partial charge in [-0.3, -0.25) is 4.79 Å². The number of thiazole rings is 1. The number of hydrogen-bond donors (Lipinski definition) is 0. The molecular weight excluding hydrogens is 264 g/mol. The summed E-state index contributed by atoms with van der Waals surface area (Å²) in [5.41, 5.74) is 1.02. The van der Waals surface area contributed by atoms with Crippen LogP contribution in [0.5, 0.6) is 0 Å². The van der Waals surface area contributed by atoms with Gasteiger partial charge in [0, 0.05) is 23.2 Å². The van der Waals surface area contributed by atoms with Crippen molar-refractivity contribution in [2.24, 2.45) is 0 Å². The average Bonchev–Trinajstić information content (AvgIpc) is 2.62. The van der Waals surface area contributed by atoms with Crippen LogP contribution in [0.4, 0.5) is 0 Å². The number of hydrogen-bond acceptors (Lipinski definition) is 4. The third-order valence-corrected chi connectivity index (χ3v) is 4.77. The summed E-state index contributed by atoms with van der Waals surface area (Å²) in [6, 6.07) is 0.470. The summed E-state index contributed by atoms with van der Waals surface area (Å²) in [7, 11) is 0. The van der Waals surface area contributed by atoms with E-state index in [9.17, 15) is 4.79 Å². The molecule has 1 aromatic rings. The molecule has 0 aliphatic rings. The smallest absolute Gasteiger partial charge is 0.236 e. The number of nitrogens with zero attached hydrogens (tertiary/aromatic N) is 2. The lowest BCUT2D eigenvalue weighted by Gasteiger charge is -2.32. The molecule has 0 fully saturated rings. The first kappa shape index (κ1) is 15.5. The molecule has 0 spiro atoms. The summed E-state index contributed by atoms with van der Waals surface area (Å²) in [6.45, 7) is 12.2. The monoisotopic (exact) mass is 286 g/mol. The van der Waals surface area contributed by atoms with E-state index in [-0.39, 0.29) is 23.2 Å². The van der Waals surface area contributed by atoms with Gasteiger partial charge in [0.2, 0.25) is 5.91 Å². The molecule has 0 bridgehead atoms. The molecule has 102 valence electrons. The van der Waals surface area contributed by atoms with E-state index in [0.29, 0.717) is 0 Å². The van der Waals surface area contributed by atoms with Gasteiger partial charge in [0.05, 0.1) is 5.25 Å². The summed E-state index contributed by atoms with van der Waals surface area (Å²) < 4.78 is 0.973. The summed E-state index contributed by atoms with van der Waals surface area (Å²) >= 11 is 3.16. The lowest BCUT2D eigenvalue weighted by molar-refractivity contribution is -0.133. The number of thioether (sulfide) groups is 1. The van der Waals surface area contributed by atoms with Gasteiger partial charge in [-0.25, -0.2) is 4.98 Å². The van der Waals surface area contributed by atoms with Gasteiger partial charge in [0.1, 0.15) is 0 Å². The molecule has 18 heavy (non-hydrogen) atoms. The minimum Gasteiger partial charge on any atom is -0.337 e. The Kier molecular flexibility index (Phi) is 5.66. The summed E-state index contributed by atoms with van der Waals surface area (Å²) in [5.74, 6) is 0.192. The van der Waals surface area contributed by atoms with Crippen LogP contribution >= 0.6 is 23.1 Å². The highest BCUT2D eigenvalue weighted by Crippen LogP contribution is 2.28. The molecule has 0 aromatic carbocycles. The molecule has 1 rings (SSSR count). The van der Waals surface area contributed by atoms with Crippen molar-refractivity contribution in [1.29, 1.82) is 0 Å². The Hall–Kier alpha value is -0.550. The van der Waals surface area contributed by atoms with Gasteiger partial charge in [0.15, 0.2) is 4.34 Å². The van der Waals surface area contributed by atoms with Crippen molar-refractivity contribution in [3.63, 3.8) is 0 Å². The number of aryl methyl sites for hydroxylation is 1. The molecule has 1 unspecified atom stereocenters. The van der Waals surface area contributed by atoms with Crippen molar-refractivity contribution in [2.45, 2.75) is 63.2 Å². The lowest BCUT2D eigenvalue weighted by atomic mass is 10.2. The zero-order valence-corrected chi connectivity index (χ0v) is 13.6. The molecule has 1 aromatic heterocycles. The Balaban J connectivity index is 2.70. The molecule has 3 nitrogen and oxygen atoms in total. The molecule has 0 N–H and O–H groups in total. The zero-order valence-electron chi connectivity index (χ0n) is 11.9. The van der Waals surface area contributed by atoms with Crippen LogP contribution in [0.1, 0.15) is 40.3 Å². The Morgan fingerprint density at radius 3 is 2.22 bits per heavy atom. The summed E-state index contributed by atoms with van der Waals surface area (Å²) in [4.78, 5) is 18.8. The van der Waals surface area contributed by atoms with Crippen LogP contribution in [0.2, 0.25) is 0 Å². The van der Waals surface area contributed by atoms with E-state index in [1.807, 2.05) is 24.1 Å². The second-order valence-electron chi connectivity index (χ2n) is 4.95. The normalized spacial score (nSPS) is 13.1. The first-order valence-corrected chi connectivity index (χ1v) is 7.99. The lowest BCUT2D eigenvalue weighted by Crippen LogP contribution is -2.45. The fourth-order valence-corrected chi connectivity index (χ4v) is 3.95. The highest BCUT2D eigenvalue weighted by molar-refractivity contribution is 8.02. The van der Waals surface area contributed by atoms with Crippen LogP contribution in [0.3, 0.4) is 0 Å². The first-order valence-electron chi connectivity index (χ1n) is 6.24. The predicted molar refractivity (Wildman–Crippen MR) is 79.3 cm³/mol. The van der Waals surface area contributed by atoms with Gasteiger partial charge in [-0.2, -0.15) is 0 Å². The molecule has 1 atom stereocenters. The van der Waals surface area contributed by atoms with Crippen molar-refractivity contribution in [2.75, 3.05) is 0 Å². The van der Waals surface area contributed by atoms with Gasteiger partial charge in [0.25, 0.3) is 0 Å². The average molecular weight is 286 g/mol. The molecule has 0 saturated carbocycles. The van der Waals surface area contributed by atoms with Crippen LogP contribution in [0, 0.1) is 6.92 Å². The second-order valence-corrected chi connectivity index (χ2v) is 7.39. The van der Waals surface area contributed by atoms with E-state index in [0.717, 1.165) is 10.0 Å². The van der Waals surface area contributed by atoms with E-state index in [4.69, 9.17) is 0 Å². The van der Waals surface area contributed by atoms with Gasteiger partial charge >= 0.3 is 0 Å². The molecule has 0 saturated heterocycles. The first-order chi connectivity index (χ1) is 8.32. The quantitative estimate of drug-likeness (QED) is 0.776. The second kappa shape index (κ2) is 6.57. The van der Waals surface area contributed by atoms with Crippen LogP contribution in [0.15, 0.2) is 9.72 Å². The van der Waals surface area contributed by atoms with Crippen LogP contribution in [0.25, 0.3) is 0 Å². The Morgan fingerprint density at radius 1 is 1.28 bits per heavy atom. The number of amides is 1. The SMILES string of the molecule is Cc1csc(SC(C)C(=O)N(C(C)C)C(C)C)n1. The van der Waals surface area contributed by atoms with E-state index in [1.54, 1.807) is 23.1 Å². The molecule has 0 aliphatic heterocycles. The third-order valence-electron chi connectivity index (χ3n) is 2.59. The fraction of sp³-hybridized carbons (Fsp3) is 0.692. The van der Waals surface area contributed by atoms with Gasteiger partial charge in [-0.15, -0.1) is 11.3 Å². The molecule has 0 aliphatic carbocycles. The van der Waals surface area contributed by atoms with Crippen molar-refractivity contribution in [3.8, 4) is 0 Å². The highest BCUT2D eigenvalue weighted by atomic mass is 32.2. The largest absolute Gasteiger partial charge is 0.337 e. The molecular formula is C13H22N2OS2. The maximum atomic E-state index is 12.4. The molecule has 0 radical (unpaired) electrons. The summed E-state index contributed by atoms with van der Waals surface area (Å²) in [6.07, 6.45) is 0. The maximum Gasteiger partial charge on any atom is 0.236 e. The van der Waals surface area contributed by atoms with Crippen LogP contribution in [-0.2, 0) is 4.79 Å². The van der Waals surface area contributed by atoms with E-state index in [1.165, 1.54) is 0 Å². The number of carbonyl (C=O) groups is 1. The standard InChI is InChI=1S/C13H22N2OS2/c1-8(2)15(9(3)4)12(16)11(6)18-13-14-10(5)7-17-13/h7-9,11H,1-6H3. The predicted octanol–water partition coefficient (Wildman–Crippen LogP) is 3.58. The van der Waals surface area contributed by atoms with Crippen molar-refractivity contribution >= 4 is 29.0 Å². The molecule has 1 heterocycles. The summed E-state index contributed by atoms with van der Waals surface area (Å²) in [5, 5.41) is 1.93.